The number of nitrogens with two attached hydrogens (primary N) is 1. The first-order chi connectivity index (χ1) is 9.47. The van der Waals surface area contributed by atoms with Crippen LogP contribution in [0.2, 0.25) is 0 Å². The first-order valence-corrected chi connectivity index (χ1v) is 7.75. The third-order valence-corrected chi connectivity index (χ3v) is 4.20. The topological polar surface area (TPSA) is 38.5 Å². The first kappa shape index (κ1) is 15.3. The highest BCUT2D eigenvalue weighted by Gasteiger charge is 2.27. The molecule has 112 valence electrons. The summed E-state index contributed by atoms with van der Waals surface area (Å²) < 4.78 is 5.70. The molecule has 3 heteroatoms. The lowest BCUT2D eigenvalue weighted by molar-refractivity contribution is 0.104. The van der Waals surface area contributed by atoms with Crippen molar-refractivity contribution < 1.29 is 4.74 Å². The zero-order valence-electron chi connectivity index (χ0n) is 13.2. The molecule has 1 aliphatic rings. The molecule has 0 aliphatic carbocycles. The normalized spacial score (nSPS) is 25.7. The van der Waals surface area contributed by atoms with Crippen LogP contribution < -0.4 is 10.5 Å². The molecule has 0 bridgehead atoms. The Hall–Kier alpha value is -1.06. The molecule has 1 aromatic carbocycles. The summed E-state index contributed by atoms with van der Waals surface area (Å²) in [5.74, 6) is 0.949. The summed E-state index contributed by atoms with van der Waals surface area (Å²) >= 11 is 0. The van der Waals surface area contributed by atoms with Gasteiger partial charge >= 0.3 is 0 Å². The summed E-state index contributed by atoms with van der Waals surface area (Å²) in [6, 6.07) is 9.88. The lowest BCUT2D eigenvalue weighted by Gasteiger charge is -2.40. The summed E-state index contributed by atoms with van der Waals surface area (Å²) in [4.78, 5) is 2.56. The van der Waals surface area contributed by atoms with Gasteiger partial charge < -0.3 is 10.5 Å². The van der Waals surface area contributed by atoms with Crippen molar-refractivity contribution in [2.24, 2.45) is 5.73 Å². The molecule has 2 rings (SSSR count). The monoisotopic (exact) mass is 276 g/mol. The number of ether oxygens (including phenoxy) is 1. The molecular formula is C17H28N2O. The number of benzene rings is 1. The molecule has 1 saturated heterocycles. The second-order valence-electron chi connectivity index (χ2n) is 6.28. The molecule has 2 N–H and O–H groups in total. The van der Waals surface area contributed by atoms with E-state index in [1.54, 1.807) is 0 Å². The summed E-state index contributed by atoms with van der Waals surface area (Å²) in [5, 5.41) is 0. The van der Waals surface area contributed by atoms with E-state index >= 15 is 0 Å². The summed E-state index contributed by atoms with van der Waals surface area (Å²) in [6.07, 6.45) is 2.42. The molecule has 0 spiro atoms. The van der Waals surface area contributed by atoms with E-state index in [0.29, 0.717) is 18.1 Å². The van der Waals surface area contributed by atoms with Gasteiger partial charge in [-0.1, -0.05) is 12.1 Å². The number of likely N-dealkylation sites (tertiary alicyclic amines) is 1. The maximum absolute atomic E-state index is 6.05. The highest BCUT2D eigenvalue weighted by molar-refractivity contribution is 5.29. The average molecular weight is 276 g/mol. The van der Waals surface area contributed by atoms with Gasteiger partial charge in [0.25, 0.3) is 0 Å². The van der Waals surface area contributed by atoms with E-state index in [-0.39, 0.29) is 6.10 Å². The molecular weight excluding hydrogens is 248 g/mol. The number of piperidine rings is 1. The van der Waals surface area contributed by atoms with Crippen LogP contribution in [0.4, 0.5) is 0 Å². The highest BCUT2D eigenvalue weighted by Crippen LogP contribution is 2.28. The SMILES string of the molecule is CC(C)Oc1ccc(C(C)N2CCC(N)CC2C)cc1. The van der Waals surface area contributed by atoms with E-state index in [4.69, 9.17) is 10.5 Å². The Morgan fingerprint density at radius 3 is 2.40 bits per heavy atom. The zero-order chi connectivity index (χ0) is 14.7. The molecule has 3 unspecified atom stereocenters. The van der Waals surface area contributed by atoms with E-state index in [1.807, 2.05) is 0 Å². The molecule has 1 heterocycles. The predicted molar refractivity (Wildman–Crippen MR) is 84.0 cm³/mol. The Morgan fingerprint density at radius 2 is 1.85 bits per heavy atom. The molecule has 0 amide bonds. The van der Waals surface area contributed by atoms with Crippen molar-refractivity contribution in [3.05, 3.63) is 29.8 Å². The van der Waals surface area contributed by atoms with Crippen molar-refractivity contribution in [3.63, 3.8) is 0 Å². The smallest absolute Gasteiger partial charge is 0.119 e. The molecule has 1 aromatic rings. The van der Waals surface area contributed by atoms with E-state index < -0.39 is 0 Å². The summed E-state index contributed by atoms with van der Waals surface area (Å²) in [7, 11) is 0. The fourth-order valence-corrected chi connectivity index (χ4v) is 3.09. The van der Waals surface area contributed by atoms with Crippen LogP contribution in [0.25, 0.3) is 0 Å². The van der Waals surface area contributed by atoms with Gasteiger partial charge in [-0.3, -0.25) is 4.90 Å². The van der Waals surface area contributed by atoms with Crippen LogP contribution in [0.5, 0.6) is 5.75 Å². The number of hydrogen-bond donors (Lipinski definition) is 1. The van der Waals surface area contributed by atoms with E-state index in [9.17, 15) is 0 Å². The fourth-order valence-electron chi connectivity index (χ4n) is 3.09. The van der Waals surface area contributed by atoms with Crippen molar-refractivity contribution in [2.75, 3.05) is 6.54 Å². The second-order valence-corrected chi connectivity index (χ2v) is 6.28. The van der Waals surface area contributed by atoms with Gasteiger partial charge in [-0.15, -0.1) is 0 Å². The van der Waals surface area contributed by atoms with E-state index in [0.717, 1.165) is 25.1 Å². The highest BCUT2D eigenvalue weighted by atomic mass is 16.5. The molecule has 3 nitrogen and oxygen atoms in total. The van der Waals surface area contributed by atoms with Gasteiger partial charge in [-0.25, -0.2) is 0 Å². The van der Waals surface area contributed by atoms with Gasteiger partial charge in [0, 0.05) is 24.7 Å². The standard InChI is InChI=1S/C17H28N2O/c1-12(2)20-17-7-5-15(6-8-17)14(4)19-10-9-16(18)11-13(19)3/h5-8,12-14,16H,9-11,18H2,1-4H3. The van der Waals surface area contributed by atoms with Crippen LogP contribution >= 0.6 is 0 Å². The third kappa shape index (κ3) is 3.74. The lowest BCUT2D eigenvalue weighted by atomic mass is 9.95. The number of rotatable bonds is 4. The second kappa shape index (κ2) is 6.59. The molecule has 0 aromatic heterocycles. The maximum Gasteiger partial charge on any atom is 0.119 e. The maximum atomic E-state index is 6.05. The third-order valence-electron chi connectivity index (χ3n) is 4.20. The van der Waals surface area contributed by atoms with Crippen LogP contribution in [-0.2, 0) is 0 Å². The number of hydrogen-bond acceptors (Lipinski definition) is 3. The molecule has 1 fully saturated rings. The van der Waals surface area contributed by atoms with Crippen molar-refractivity contribution in [3.8, 4) is 5.75 Å². The Morgan fingerprint density at radius 1 is 1.20 bits per heavy atom. The minimum absolute atomic E-state index is 0.224. The average Bonchev–Trinajstić information content (AvgIpc) is 2.38. The Balaban J connectivity index is 2.03. The minimum Gasteiger partial charge on any atom is -0.491 e. The van der Waals surface area contributed by atoms with Gasteiger partial charge in [-0.2, -0.15) is 0 Å². The van der Waals surface area contributed by atoms with Gasteiger partial charge in [0.1, 0.15) is 5.75 Å². The molecule has 0 radical (unpaired) electrons. The molecule has 0 saturated carbocycles. The van der Waals surface area contributed by atoms with Crippen molar-refractivity contribution in [1.82, 2.24) is 4.90 Å². The Bertz CT molecular complexity index is 416. The first-order valence-electron chi connectivity index (χ1n) is 7.75. The predicted octanol–water partition coefficient (Wildman–Crippen LogP) is 3.35. The van der Waals surface area contributed by atoms with Crippen LogP contribution in [0, 0.1) is 0 Å². The van der Waals surface area contributed by atoms with Gasteiger partial charge in [0.15, 0.2) is 0 Å². The molecule has 1 aliphatic heterocycles. The summed E-state index contributed by atoms with van der Waals surface area (Å²) in [6.45, 7) is 9.76. The van der Waals surface area contributed by atoms with Crippen molar-refractivity contribution >= 4 is 0 Å². The minimum atomic E-state index is 0.224. The van der Waals surface area contributed by atoms with E-state index in [1.165, 1.54) is 5.56 Å². The fraction of sp³-hybridized carbons (Fsp3) is 0.647. The van der Waals surface area contributed by atoms with Gasteiger partial charge in [-0.05, 0) is 58.2 Å². The largest absolute Gasteiger partial charge is 0.491 e. The Kier molecular flexibility index (Phi) is 5.06. The van der Waals surface area contributed by atoms with Gasteiger partial charge in [0.2, 0.25) is 0 Å². The molecule has 3 atom stereocenters. The van der Waals surface area contributed by atoms with E-state index in [2.05, 4.69) is 56.9 Å². The number of nitrogens with zero attached hydrogens (tertiary/aromatic N) is 1. The van der Waals surface area contributed by atoms with Crippen molar-refractivity contribution in [2.45, 2.75) is 64.8 Å². The van der Waals surface area contributed by atoms with Gasteiger partial charge in [0.05, 0.1) is 6.10 Å². The van der Waals surface area contributed by atoms with Crippen LogP contribution in [0.1, 0.15) is 52.1 Å². The summed E-state index contributed by atoms with van der Waals surface area (Å²) in [5.41, 5.74) is 7.40. The Labute approximate surface area is 123 Å². The van der Waals surface area contributed by atoms with Crippen molar-refractivity contribution in [1.29, 1.82) is 0 Å². The molecule has 20 heavy (non-hydrogen) atoms. The quantitative estimate of drug-likeness (QED) is 0.916. The zero-order valence-corrected chi connectivity index (χ0v) is 13.2. The lowest BCUT2D eigenvalue weighted by Crippen LogP contribution is -2.46. The van der Waals surface area contributed by atoms with Crippen LogP contribution in [-0.4, -0.2) is 29.6 Å². The van der Waals surface area contributed by atoms with Crippen LogP contribution in [0.3, 0.4) is 0 Å². The van der Waals surface area contributed by atoms with Crippen LogP contribution in [0.15, 0.2) is 24.3 Å².